The first-order valence-electron chi connectivity index (χ1n) is 4.90. The highest BCUT2D eigenvalue weighted by atomic mass is 35.5. The van der Waals surface area contributed by atoms with Gasteiger partial charge >= 0.3 is 0 Å². The van der Waals surface area contributed by atoms with E-state index in [0.29, 0.717) is 5.03 Å². The fourth-order valence-corrected chi connectivity index (χ4v) is 3.01. The zero-order chi connectivity index (χ0) is 9.80. The minimum atomic E-state index is -0.943. The summed E-state index contributed by atoms with van der Waals surface area (Å²) in [6.07, 6.45) is 3.85. The lowest BCUT2D eigenvalue weighted by atomic mass is 10.2. The van der Waals surface area contributed by atoms with E-state index in [1.165, 1.54) is 0 Å². The Hall–Kier alpha value is -0.450. The van der Waals surface area contributed by atoms with E-state index in [1.807, 2.05) is 18.2 Å². The van der Waals surface area contributed by atoms with E-state index in [2.05, 4.69) is 10.3 Å². The number of nitrogens with one attached hydrogen (secondary N) is 1. The van der Waals surface area contributed by atoms with Crippen LogP contribution >= 0.6 is 12.4 Å². The van der Waals surface area contributed by atoms with Crippen LogP contribution in [0.25, 0.3) is 0 Å². The average Bonchev–Trinajstić information content (AvgIpc) is 2.30. The maximum absolute atomic E-state index is 12.0. The van der Waals surface area contributed by atoms with Crippen LogP contribution in [0, 0.1) is 0 Å². The average molecular weight is 247 g/mol. The van der Waals surface area contributed by atoms with Crippen LogP contribution in [0.1, 0.15) is 12.8 Å². The molecule has 3 nitrogen and oxygen atoms in total. The highest BCUT2D eigenvalue weighted by Crippen LogP contribution is 2.14. The van der Waals surface area contributed by atoms with Gasteiger partial charge < -0.3 is 5.32 Å². The summed E-state index contributed by atoms with van der Waals surface area (Å²) in [5.41, 5.74) is 0. The zero-order valence-corrected chi connectivity index (χ0v) is 10.0. The van der Waals surface area contributed by atoms with E-state index in [-0.39, 0.29) is 17.7 Å². The van der Waals surface area contributed by atoms with E-state index < -0.39 is 10.8 Å². The van der Waals surface area contributed by atoms with E-state index >= 15 is 0 Å². The summed E-state index contributed by atoms with van der Waals surface area (Å²) in [5.74, 6) is 0. The predicted octanol–water partition coefficient (Wildman–Crippen LogP) is 1.36. The lowest BCUT2D eigenvalue weighted by Gasteiger charge is -2.21. The van der Waals surface area contributed by atoms with Gasteiger partial charge in [-0.1, -0.05) is 6.07 Å². The molecular weight excluding hydrogens is 232 g/mol. The molecule has 0 spiro atoms. The summed E-state index contributed by atoms with van der Waals surface area (Å²) in [4.78, 5) is 4.13. The van der Waals surface area contributed by atoms with Crippen molar-refractivity contribution in [1.29, 1.82) is 0 Å². The summed E-state index contributed by atoms with van der Waals surface area (Å²) in [5, 5.41) is 4.21. The van der Waals surface area contributed by atoms with E-state index in [4.69, 9.17) is 0 Å². The Morgan fingerprint density at radius 3 is 2.93 bits per heavy atom. The Balaban J connectivity index is 0.00000112. The van der Waals surface area contributed by atoms with Gasteiger partial charge in [-0.15, -0.1) is 12.4 Å². The van der Waals surface area contributed by atoms with Gasteiger partial charge in [0.1, 0.15) is 5.03 Å². The smallest absolute Gasteiger partial charge is 0.127 e. The van der Waals surface area contributed by atoms with Gasteiger partial charge in [-0.25, -0.2) is 4.98 Å². The number of hydrogen-bond acceptors (Lipinski definition) is 3. The van der Waals surface area contributed by atoms with Gasteiger partial charge in [-0.05, 0) is 31.5 Å². The highest BCUT2D eigenvalue weighted by molar-refractivity contribution is 7.85. The first kappa shape index (κ1) is 12.6. The van der Waals surface area contributed by atoms with Gasteiger partial charge in [0.2, 0.25) is 0 Å². The topological polar surface area (TPSA) is 42.0 Å². The molecule has 2 heterocycles. The number of piperidine rings is 1. The Bertz CT molecular complexity index is 314. The molecule has 2 unspecified atom stereocenters. The van der Waals surface area contributed by atoms with Crippen LogP contribution in [-0.2, 0) is 10.8 Å². The number of pyridine rings is 1. The summed E-state index contributed by atoms with van der Waals surface area (Å²) in [6.45, 7) is 1.90. The predicted molar refractivity (Wildman–Crippen MR) is 63.8 cm³/mol. The van der Waals surface area contributed by atoms with Crippen molar-refractivity contribution in [1.82, 2.24) is 10.3 Å². The molecule has 1 fully saturated rings. The van der Waals surface area contributed by atoms with Crippen LogP contribution in [0.2, 0.25) is 0 Å². The van der Waals surface area contributed by atoms with Crippen LogP contribution < -0.4 is 5.32 Å². The molecule has 2 rings (SSSR count). The third-order valence-electron chi connectivity index (χ3n) is 2.40. The molecule has 0 amide bonds. The van der Waals surface area contributed by atoms with Gasteiger partial charge in [0.05, 0.1) is 16.0 Å². The van der Waals surface area contributed by atoms with Crippen LogP contribution in [0.15, 0.2) is 29.4 Å². The molecule has 0 bridgehead atoms. The van der Waals surface area contributed by atoms with Gasteiger partial charge in [-0.2, -0.15) is 0 Å². The Morgan fingerprint density at radius 2 is 2.33 bits per heavy atom. The quantitative estimate of drug-likeness (QED) is 0.857. The molecule has 84 valence electrons. The first-order valence-corrected chi connectivity index (χ1v) is 6.11. The van der Waals surface area contributed by atoms with Gasteiger partial charge in [0, 0.05) is 12.7 Å². The number of halogens is 1. The van der Waals surface area contributed by atoms with Gasteiger partial charge in [0.25, 0.3) is 0 Å². The van der Waals surface area contributed by atoms with E-state index in [9.17, 15) is 4.21 Å². The molecule has 1 N–H and O–H groups in total. The number of nitrogens with zero attached hydrogens (tertiary/aromatic N) is 1. The number of rotatable bonds is 2. The summed E-state index contributed by atoms with van der Waals surface area (Å²) in [6, 6.07) is 5.57. The molecule has 0 aromatic carbocycles. The van der Waals surface area contributed by atoms with Crippen molar-refractivity contribution >= 4 is 23.2 Å². The Kier molecular flexibility index (Phi) is 5.22. The maximum atomic E-state index is 12.0. The van der Waals surface area contributed by atoms with Crippen LogP contribution in [0.4, 0.5) is 0 Å². The summed E-state index contributed by atoms with van der Waals surface area (Å²) >= 11 is 0. The molecule has 1 aromatic heterocycles. The largest absolute Gasteiger partial charge is 0.316 e. The molecule has 0 radical (unpaired) electrons. The number of aromatic nitrogens is 1. The maximum Gasteiger partial charge on any atom is 0.127 e. The second-order valence-electron chi connectivity index (χ2n) is 3.43. The molecule has 1 aromatic rings. The van der Waals surface area contributed by atoms with Crippen LogP contribution in [0.3, 0.4) is 0 Å². The minimum absolute atomic E-state index is 0. The molecule has 1 aliphatic heterocycles. The van der Waals surface area contributed by atoms with Crippen molar-refractivity contribution in [2.75, 3.05) is 13.1 Å². The zero-order valence-electron chi connectivity index (χ0n) is 8.39. The van der Waals surface area contributed by atoms with E-state index in [0.717, 1.165) is 25.9 Å². The lowest BCUT2D eigenvalue weighted by molar-refractivity contribution is 0.519. The minimum Gasteiger partial charge on any atom is -0.316 e. The van der Waals surface area contributed by atoms with Crippen molar-refractivity contribution in [2.45, 2.75) is 23.1 Å². The third-order valence-corrected chi connectivity index (χ3v) is 4.06. The second-order valence-corrected chi connectivity index (χ2v) is 5.11. The normalized spacial score (nSPS) is 22.8. The van der Waals surface area contributed by atoms with Crippen molar-refractivity contribution in [3.8, 4) is 0 Å². The SMILES string of the molecule is Cl.O=S(c1ccccn1)C1CCCNC1. The summed E-state index contributed by atoms with van der Waals surface area (Å²) < 4.78 is 12.0. The molecule has 1 aliphatic rings. The third kappa shape index (κ3) is 3.26. The van der Waals surface area contributed by atoms with E-state index in [1.54, 1.807) is 6.20 Å². The Labute approximate surface area is 98.5 Å². The monoisotopic (exact) mass is 246 g/mol. The van der Waals surface area contributed by atoms with Crippen LogP contribution in [0.5, 0.6) is 0 Å². The van der Waals surface area contributed by atoms with Crippen LogP contribution in [-0.4, -0.2) is 27.5 Å². The highest BCUT2D eigenvalue weighted by Gasteiger charge is 2.21. The molecule has 0 aliphatic carbocycles. The fourth-order valence-electron chi connectivity index (χ4n) is 1.64. The van der Waals surface area contributed by atoms with Crippen molar-refractivity contribution in [3.63, 3.8) is 0 Å². The first-order chi connectivity index (χ1) is 6.88. The second kappa shape index (κ2) is 6.20. The van der Waals surface area contributed by atoms with Gasteiger partial charge in [0.15, 0.2) is 0 Å². The fraction of sp³-hybridized carbons (Fsp3) is 0.500. The summed E-state index contributed by atoms with van der Waals surface area (Å²) in [7, 11) is -0.943. The van der Waals surface area contributed by atoms with Crippen molar-refractivity contribution < 1.29 is 4.21 Å². The molecule has 0 saturated carbocycles. The lowest BCUT2D eigenvalue weighted by Crippen LogP contribution is -2.36. The molecule has 5 heteroatoms. The number of hydrogen-bond donors (Lipinski definition) is 1. The Morgan fingerprint density at radius 1 is 1.47 bits per heavy atom. The van der Waals surface area contributed by atoms with Crippen molar-refractivity contribution in [2.24, 2.45) is 0 Å². The molecule has 2 atom stereocenters. The molecule has 15 heavy (non-hydrogen) atoms. The standard InChI is InChI=1S/C10H14N2OS.ClH/c13-14(9-4-3-6-11-8-9)10-5-1-2-7-12-10;/h1-2,5,7,9,11H,3-4,6,8H2;1H. The van der Waals surface area contributed by atoms with Crippen molar-refractivity contribution in [3.05, 3.63) is 24.4 Å². The molecule has 1 saturated heterocycles. The molecular formula is C10H15ClN2OS. The van der Waals surface area contributed by atoms with Gasteiger partial charge in [-0.3, -0.25) is 4.21 Å².